The van der Waals surface area contributed by atoms with Crippen molar-refractivity contribution in [1.82, 2.24) is 4.90 Å². The topological polar surface area (TPSA) is 81.9 Å². The van der Waals surface area contributed by atoms with Crippen molar-refractivity contribution in [2.75, 3.05) is 20.3 Å². The van der Waals surface area contributed by atoms with E-state index in [2.05, 4.69) is 0 Å². The van der Waals surface area contributed by atoms with Gasteiger partial charge in [0.1, 0.15) is 13.2 Å². The third-order valence-electron chi connectivity index (χ3n) is 4.11. The third-order valence-corrected chi connectivity index (χ3v) is 5.21. The minimum Gasteiger partial charge on any atom is -0.486 e. The highest BCUT2D eigenvalue weighted by Crippen LogP contribution is 2.31. The molecule has 1 atom stereocenters. The molecule has 1 unspecified atom stereocenters. The van der Waals surface area contributed by atoms with Crippen molar-refractivity contribution in [2.24, 2.45) is 0 Å². The number of thioether (sulfide) groups is 1. The van der Waals surface area contributed by atoms with E-state index in [4.69, 9.17) is 9.47 Å². The van der Waals surface area contributed by atoms with Gasteiger partial charge in [0.05, 0.1) is 10.2 Å². The van der Waals surface area contributed by atoms with Crippen molar-refractivity contribution in [1.29, 1.82) is 0 Å². The quantitative estimate of drug-likeness (QED) is 0.428. The Labute approximate surface area is 161 Å². The van der Waals surface area contributed by atoms with Crippen LogP contribution in [0.25, 0.3) is 0 Å². The number of carbonyl (C=O) groups excluding carboxylic acids is 1. The average molecular weight is 388 g/mol. The molecule has 142 valence electrons. The molecule has 1 aliphatic rings. The van der Waals surface area contributed by atoms with E-state index in [0.717, 1.165) is 16.2 Å². The van der Waals surface area contributed by atoms with Gasteiger partial charge in [0.25, 0.3) is 5.69 Å². The molecule has 2 aromatic carbocycles. The number of amides is 1. The maximum atomic E-state index is 12.7. The summed E-state index contributed by atoms with van der Waals surface area (Å²) in [5.41, 5.74) is 0.997. The first kappa shape index (κ1) is 19.0. The number of benzene rings is 2. The Morgan fingerprint density at radius 3 is 2.52 bits per heavy atom. The molecule has 0 N–H and O–H groups in total. The van der Waals surface area contributed by atoms with Crippen molar-refractivity contribution >= 4 is 23.4 Å². The van der Waals surface area contributed by atoms with E-state index in [1.807, 2.05) is 25.1 Å². The van der Waals surface area contributed by atoms with Gasteiger partial charge in [-0.15, -0.1) is 11.8 Å². The molecule has 7 nitrogen and oxygen atoms in total. The molecule has 0 saturated heterocycles. The summed E-state index contributed by atoms with van der Waals surface area (Å²) in [4.78, 5) is 25.4. The first-order valence-electron chi connectivity index (χ1n) is 8.48. The SMILES string of the molecule is CC(Sc1ccc([N+](=O)[O-])cc1)C(=O)N(C)Cc1ccc2c(c1)OCCO2. The number of nitrogens with zero attached hydrogens (tertiary/aromatic N) is 2. The van der Waals surface area contributed by atoms with E-state index in [-0.39, 0.29) is 16.8 Å². The number of hydrogen-bond donors (Lipinski definition) is 0. The molecule has 0 aromatic heterocycles. The predicted molar refractivity (Wildman–Crippen MR) is 102 cm³/mol. The van der Waals surface area contributed by atoms with Crippen LogP contribution in [0.1, 0.15) is 12.5 Å². The van der Waals surface area contributed by atoms with Gasteiger partial charge in [0.2, 0.25) is 5.91 Å². The number of carbonyl (C=O) groups is 1. The summed E-state index contributed by atoms with van der Waals surface area (Å²) < 4.78 is 11.1. The van der Waals surface area contributed by atoms with Crippen molar-refractivity contribution < 1.29 is 19.2 Å². The van der Waals surface area contributed by atoms with Crippen LogP contribution >= 0.6 is 11.8 Å². The number of hydrogen-bond acceptors (Lipinski definition) is 6. The fraction of sp³-hybridized carbons (Fsp3) is 0.316. The minimum atomic E-state index is -0.440. The summed E-state index contributed by atoms with van der Waals surface area (Å²) >= 11 is 1.38. The summed E-state index contributed by atoms with van der Waals surface area (Å²) in [6.45, 7) is 3.35. The zero-order valence-corrected chi connectivity index (χ0v) is 15.9. The fourth-order valence-electron chi connectivity index (χ4n) is 2.75. The molecule has 0 aliphatic carbocycles. The van der Waals surface area contributed by atoms with E-state index in [1.54, 1.807) is 24.1 Å². The van der Waals surface area contributed by atoms with E-state index < -0.39 is 4.92 Å². The van der Waals surface area contributed by atoms with Crippen LogP contribution in [0.3, 0.4) is 0 Å². The Kier molecular flexibility index (Phi) is 5.85. The lowest BCUT2D eigenvalue weighted by Gasteiger charge is -2.23. The minimum absolute atomic E-state index is 0.0201. The second kappa shape index (κ2) is 8.30. The van der Waals surface area contributed by atoms with Gasteiger partial charge in [-0.1, -0.05) is 6.07 Å². The molecule has 0 spiro atoms. The maximum Gasteiger partial charge on any atom is 0.269 e. The highest BCUT2D eigenvalue weighted by Gasteiger charge is 2.20. The largest absolute Gasteiger partial charge is 0.486 e. The van der Waals surface area contributed by atoms with Gasteiger partial charge in [-0.3, -0.25) is 14.9 Å². The molecule has 0 radical (unpaired) electrons. The van der Waals surface area contributed by atoms with Gasteiger partial charge < -0.3 is 14.4 Å². The highest BCUT2D eigenvalue weighted by atomic mass is 32.2. The Morgan fingerprint density at radius 2 is 1.85 bits per heavy atom. The van der Waals surface area contributed by atoms with Crippen LogP contribution in [-0.2, 0) is 11.3 Å². The standard InChI is InChI=1S/C19H20N2O5S/c1-13(27-16-6-4-15(5-7-16)21(23)24)19(22)20(2)12-14-3-8-17-18(11-14)26-10-9-25-17/h3-8,11,13H,9-10,12H2,1-2H3. The number of rotatable bonds is 6. The predicted octanol–water partition coefficient (Wildman–Crippen LogP) is 3.51. The van der Waals surface area contributed by atoms with Crippen LogP contribution < -0.4 is 9.47 Å². The molecule has 8 heteroatoms. The van der Waals surface area contributed by atoms with Crippen molar-refractivity contribution in [3.63, 3.8) is 0 Å². The molecule has 0 bridgehead atoms. The molecule has 3 rings (SSSR count). The van der Waals surface area contributed by atoms with Crippen LogP contribution in [0.15, 0.2) is 47.4 Å². The van der Waals surface area contributed by atoms with Crippen LogP contribution in [-0.4, -0.2) is 41.2 Å². The van der Waals surface area contributed by atoms with Gasteiger partial charge in [-0.2, -0.15) is 0 Å². The second-order valence-electron chi connectivity index (χ2n) is 6.18. The second-order valence-corrected chi connectivity index (χ2v) is 7.60. The molecule has 1 heterocycles. The Morgan fingerprint density at radius 1 is 1.19 bits per heavy atom. The molecular formula is C19H20N2O5S. The van der Waals surface area contributed by atoms with Crippen LogP contribution in [0.4, 0.5) is 5.69 Å². The van der Waals surface area contributed by atoms with Gasteiger partial charge in [-0.05, 0) is 36.8 Å². The maximum absolute atomic E-state index is 12.7. The number of ether oxygens (including phenoxy) is 2. The molecule has 27 heavy (non-hydrogen) atoms. The number of nitro benzene ring substituents is 1. The van der Waals surface area contributed by atoms with Crippen molar-refractivity contribution in [3.05, 3.63) is 58.1 Å². The molecule has 1 amide bonds. The zero-order valence-electron chi connectivity index (χ0n) is 15.1. The van der Waals surface area contributed by atoms with Crippen molar-refractivity contribution in [2.45, 2.75) is 23.6 Å². The Hall–Kier alpha value is -2.74. The average Bonchev–Trinajstić information content (AvgIpc) is 2.67. The van der Waals surface area contributed by atoms with Gasteiger partial charge in [0, 0.05) is 30.6 Å². The lowest BCUT2D eigenvalue weighted by molar-refractivity contribution is -0.384. The number of nitro groups is 1. The lowest BCUT2D eigenvalue weighted by Crippen LogP contribution is -2.32. The van der Waals surface area contributed by atoms with E-state index >= 15 is 0 Å². The summed E-state index contributed by atoms with van der Waals surface area (Å²) in [5.74, 6) is 1.40. The molecule has 1 aliphatic heterocycles. The van der Waals surface area contributed by atoms with Gasteiger partial charge in [0.15, 0.2) is 11.5 Å². The Balaban J connectivity index is 1.60. The normalized spacial score (nSPS) is 13.7. The third kappa shape index (κ3) is 4.71. The molecule has 2 aromatic rings. The summed E-state index contributed by atoms with van der Waals surface area (Å²) in [6, 6.07) is 11.9. The monoisotopic (exact) mass is 388 g/mol. The van der Waals surface area contributed by atoms with Crippen LogP contribution in [0.5, 0.6) is 11.5 Å². The Bertz CT molecular complexity index is 840. The van der Waals surface area contributed by atoms with Gasteiger partial charge in [-0.25, -0.2) is 0 Å². The van der Waals surface area contributed by atoms with Crippen LogP contribution in [0, 0.1) is 10.1 Å². The van der Waals surface area contributed by atoms with E-state index in [1.165, 1.54) is 23.9 Å². The summed E-state index contributed by atoms with van der Waals surface area (Å²) in [7, 11) is 1.76. The zero-order chi connectivity index (χ0) is 19.4. The summed E-state index contributed by atoms with van der Waals surface area (Å²) in [5, 5.41) is 10.4. The molecule has 0 fully saturated rings. The smallest absolute Gasteiger partial charge is 0.269 e. The highest BCUT2D eigenvalue weighted by molar-refractivity contribution is 8.00. The van der Waals surface area contributed by atoms with E-state index in [9.17, 15) is 14.9 Å². The van der Waals surface area contributed by atoms with Crippen molar-refractivity contribution in [3.8, 4) is 11.5 Å². The number of fused-ring (bicyclic) bond motifs is 1. The number of non-ortho nitro benzene ring substituents is 1. The van der Waals surface area contributed by atoms with E-state index in [0.29, 0.717) is 25.5 Å². The van der Waals surface area contributed by atoms with Crippen LogP contribution in [0.2, 0.25) is 0 Å². The lowest BCUT2D eigenvalue weighted by atomic mass is 10.2. The molecule has 0 saturated carbocycles. The first-order chi connectivity index (χ1) is 12.9. The summed E-state index contributed by atoms with van der Waals surface area (Å²) in [6.07, 6.45) is 0. The fourth-order valence-corrected chi connectivity index (χ4v) is 3.73. The molecular weight excluding hydrogens is 368 g/mol. The van der Waals surface area contributed by atoms with Gasteiger partial charge >= 0.3 is 0 Å². The first-order valence-corrected chi connectivity index (χ1v) is 9.36.